The van der Waals surface area contributed by atoms with Gasteiger partial charge in [0.1, 0.15) is 23.9 Å². The van der Waals surface area contributed by atoms with Crippen molar-refractivity contribution in [2.45, 2.75) is 6.61 Å². The van der Waals surface area contributed by atoms with Gasteiger partial charge >= 0.3 is 0 Å². The predicted molar refractivity (Wildman–Crippen MR) is 110 cm³/mol. The molecular weight excluding hydrogens is 352 g/mol. The molecule has 3 aromatic rings. The zero-order valence-corrected chi connectivity index (χ0v) is 15.9. The van der Waals surface area contributed by atoms with Crippen LogP contribution in [0, 0.1) is 0 Å². The molecule has 4 nitrogen and oxygen atoms in total. The number of rotatable bonds is 8. The summed E-state index contributed by atoms with van der Waals surface area (Å²) in [7, 11) is 3.18. The normalized spacial score (nSPS) is 10.6. The summed E-state index contributed by atoms with van der Waals surface area (Å²) in [6, 6.07) is 22.6. The summed E-state index contributed by atoms with van der Waals surface area (Å²) in [5.41, 5.74) is 2.38. The third-order valence-electron chi connectivity index (χ3n) is 4.19. The van der Waals surface area contributed by atoms with Gasteiger partial charge in [0.25, 0.3) is 0 Å². The Morgan fingerprint density at radius 2 is 1.50 bits per heavy atom. The molecule has 4 heteroatoms. The van der Waals surface area contributed by atoms with Crippen molar-refractivity contribution in [2.24, 2.45) is 0 Å². The Morgan fingerprint density at radius 1 is 0.857 bits per heavy atom. The lowest BCUT2D eigenvalue weighted by Gasteiger charge is -2.10. The molecule has 3 rings (SSSR count). The molecular formula is C24H22O4. The third-order valence-corrected chi connectivity index (χ3v) is 4.19. The quantitative estimate of drug-likeness (QED) is 0.403. The van der Waals surface area contributed by atoms with Gasteiger partial charge in [0, 0.05) is 6.07 Å². The number of benzene rings is 3. The fourth-order valence-corrected chi connectivity index (χ4v) is 2.72. The van der Waals surface area contributed by atoms with Crippen molar-refractivity contribution in [3.05, 3.63) is 95.6 Å². The highest BCUT2D eigenvalue weighted by atomic mass is 16.5. The Bertz CT molecular complexity index is 939. The van der Waals surface area contributed by atoms with Crippen LogP contribution in [-0.2, 0) is 6.61 Å². The van der Waals surface area contributed by atoms with Crippen LogP contribution < -0.4 is 14.2 Å². The molecule has 0 bridgehead atoms. The van der Waals surface area contributed by atoms with E-state index in [0.717, 1.165) is 11.1 Å². The molecule has 0 spiro atoms. The summed E-state index contributed by atoms with van der Waals surface area (Å²) in [5, 5.41) is 0. The van der Waals surface area contributed by atoms with Crippen LogP contribution in [0.2, 0.25) is 0 Å². The van der Waals surface area contributed by atoms with Gasteiger partial charge in [-0.15, -0.1) is 0 Å². The Morgan fingerprint density at radius 3 is 2.18 bits per heavy atom. The summed E-state index contributed by atoms with van der Waals surface area (Å²) < 4.78 is 16.4. The first-order valence-corrected chi connectivity index (χ1v) is 8.91. The summed E-state index contributed by atoms with van der Waals surface area (Å²) in [6.07, 6.45) is 3.26. The van der Waals surface area contributed by atoms with Crippen molar-refractivity contribution in [2.75, 3.05) is 14.2 Å². The van der Waals surface area contributed by atoms with Gasteiger partial charge in [-0.2, -0.15) is 0 Å². The van der Waals surface area contributed by atoms with E-state index < -0.39 is 0 Å². The minimum atomic E-state index is -0.134. The molecule has 28 heavy (non-hydrogen) atoms. The van der Waals surface area contributed by atoms with Gasteiger partial charge in [-0.25, -0.2) is 0 Å². The van der Waals surface area contributed by atoms with Gasteiger partial charge < -0.3 is 14.2 Å². The Labute approximate surface area is 165 Å². The van der Waals surface area contributed by atoms with E-state index in [1.54, 1.807) is 38.5 Å². The highest BCUT2D eigenvalue weighted by molar-refractivity contribution is 6.08. The minimum Gasteiger partial charge on any atom is -0.497 e. The molecule has 0 radical (unpaired) electrons. The van der Waals surface area contributed by atoms with E-state index in [1.165, 1.54) is 6.08 Å². The van der Waals surface area contributed by atoms with Crippen LogP contribution in [0.3, 0.4) is 0 Å². The van der Waals surface area contributed by atoms with Crippen molar-refractivity contribution < 1.29 is 19.0 Å². The highest BCUT2D eigenvalue weighted by Gasteiger charge is 2.10. The average Bonchev–Trinajstić information content (AvgIpc) is 2.76. The van der Waals surface area contributed by atoms with E-state index in [1.807, 2.05) is 54.6 Å². The lowest BCUT2D eigenvalue weighted by atomic mass is 10.1. The Kier molecular flexibility index (Phi) is 6.47. The van der Waals surface area contributed by atoms with E-state index in [0.29, 0.717) is 29.4 Å². The van der Waals surface area contributed by atoms with Crippen molar-refractivity contribution in [1.29, 1.82) is 0 Å². The predicted octanol–water partition coefficient (Wildman–Crippen LogP) is 5.18. The number of hydrogen-bond acceptors (Lipinski definition) is 4. The van der Waals surface area contributed by atoms with E-state index >= 15 is 0 Å². The molecule has 0 N–H and O–H groups in total. The van der Waals surface area contributed by atoms with E-state index in [9.17, 15) is 4.79 Å². The van der Waals surface area contributed by atoms with Crippen LogP contribution in [0.5, 0.6) is 17.2 Å². The smallest absolute Gasteiger partial charge is 0.189 e. The van der Waals surface area contributed by atoms with Crippen molar-refractivity contribution in [1.82, 2.24) is 0 Å². The fourth-order valence-electron chi connectivity index (χ4n) is 2.72. The zero-order chi connectivity index (χ0) is 19.8. The van der Waals surface area contributed by atoms with Gasteiger partial charge in [0.2, 0.25) is 0 Å². The van der Waals surface area contributed by atoms with Gasteiger partial charge in [0.15, 0.2) is 5.78 Å². The maximum absolute atomic E-state index is 12.7. The maximum Gasteiger partial charge on any atom is 0.189 e. The van der Waals surface area contributed by atoms with E-state index in [-0.39, 0.29) is 5.78 Å². The number of carbonyl (C=O) groups is 1. The summed E-state index contributed by atoms with van der Waals surface area (Å²) in [4.78, 5) is 12.7. The number of hydrogen-bond donors (Lipinski definition) is 0. The molecule has 3 aromatic carbocycles. The van der Waals surface area contributed by atoms with Crippen LogP contribution >= 0.6 is 0 Å². The lowest BCUT2D eigenvalue weighted by molar-refractivity contribution is 0.104. The van der Waals surface area contributed by atoms with Gasteiger partial charge in [-0.05, 0) is 41.5 Å². The standard InChI is InChI=1S/C24H22O4/c1-26-20-14-19(15-21(16-20)27-2)12-13-23(25)22-10-6-7-11-24(22)28-17-18-8-4-3-5-9-18/h3-16H,17H2,1-2H3. The molecule has 0 atom stereocenters. The van der Waals surface area contributed by atoms with Crippen LogP contribution in [0.1, 0.15) is 21.5 Å². The summed E-state index contributed by atoms with van der Waals surface area (Å²) >= 11 is 0. The fraction of sp³-hybridized carbons (Fsp3) is 0.125. The monoisotopic (exact) mass is 374 g/mol. The highest BCUT2D eigenvalue weighted by Crippen LogP contribution is 2.24. The number of allylic oxidation sites excluding steroid dienone is 1. The number of methoxy groups -OCH3 is 2. The topological polar surface area (TPSA) is 44.8 Å². The largest absolute Gasteiger partial charge is 0.497 e. The third kappa shape index (κ3) is 5.01. The molecule has 0 amide bonds. The Balaban J connectivity index is 1.77. The second-order valence-electron chi connectivity index (χ2n) is 6.11. The number of carbonyl (C=O) groups excluding carboxylic acids is 1. The molecule has 0 aliphatic carbocycles. The maximum atomic E-state index is 12.7. The first-order valence-electron chi connectivity index (χ1n) is 8.91. The molecule has 0 heterocycles. The molecule has 0 aliphatic rings. The van der Waals surface area contributed by atoms with Crippen molar-refractivity contribution >= 4 is 11.9 Å². The van der Waals surface area contributed by atoms with Gasteiger partial charge in [-0.3, -0.25) is 4.79 Å². The first-order chi connectivity index (χ1) is 13.7. The lowest BCUT2D eigenvalue weighted by Crippen LogP contribution is -2.02. The van der Waals surface area contributed by atoms with Crippen LogP contribution in [0.15, 0.2) is 78.9 Å². The Hall–Kier alpha value is -3.53. The van der Waals surface area contributed by atoms with Crippen molar-refractivity contribution in [3.8, 4) is 17.2 Å². The second-order valence-corrected chi connectivity index (χ2v) is 6.11. The van der Waals surface area contributed by atoms with Crippen LogP contribution in [0.25, 0.3) is 6.08 Å². The SMILES string of the molecule is COc1cc(C=CC(=O)c2ccccc2OCc2ccccc2)cc(OC)c1. The molecule has 0 aliphatic heterocycles. The van der Waals surface area contributed by atoms with Crippen LogP contribution in [0.4, 0.5) is 0 Å². The van der Waals surface area contributed by atoms with Gasteiger partial charge in [0.05, 0.1) is 19.8 Å². The molecule has 0 saturated carbocycles. The molecule has 0 aromatic heterocycles. The van der Waals surface area contributed by atoms with Crippen molar-refractivity contribution in [3.63, 3.8) is 0 Å². The average molecular weight is 374 g/mol. The van der Waals surface area contributed by atoms with E-state index in [4.69, 9.17) is 14.2 Å². The number of para-hydroxylation sites is 1. The summed E-state index contributed by atoms with van der Waals surface area (Å²) in [6.45, 7) is 0.405. The summed E-state index contributed by atoms with van der Waals surface area (Å²) in [5.74, 6) is 1.76. The first kappa shape index (κ1) is 19.2. The molecule has 0 saturated heterocycles. The number of ether oxygens (including phenoxy) is 3. The molecule has 0 fully saturated rings. The number of ketones is 1. The molecule has 142 valence electrons. The van der Waals surface area contributed by atoms with Gasteiger partial charge in [-0.1, -0.05) is 48.5 Å². The zero-order valence-electron chi connectivity index (χ0n) is 15.9. The minimum absolute atomic E-state index is 0.134. The molecule has 0 unspecified atom stereocenters. The van der Waals surface area contributed by atoms with E-state index in [2.05, 4.69) is 0 Å². The second kappa shape index (κ2) is 9.42. The van der Waals surface area contributed by atoms with Crippen LogP contribution in [-0.4, -0.2) is 20.0 Å².